The summed E-state index contributed by atoms with van der Waals surface area (Å²) in [5, 5.41) is 11.0. The second kappa shape index (κ2) is 5.99. The molecule has 11 heavy (non-hydrogen) atoms. The quantitative estimate of drug-likeness (QED) is 0.468. The molecule has 1 unspecified atom stereocenters. The highest BCUT2D eigenvalue weighted by Gasteiger charge is 2.05. The minimum Gasteiger partial charge on any atom is -0.324 e. The molecule has 0 spiro atoms. The van der Waals surface area contributed by atoms with Crippen LogP contribution in [0.25, 0.3) is 0 Å². The lowest BCUT2D eigenvalue weighted by Gasteiger charge is -2.18. The van der Waals surface area contributed by atoms with Crippen molar-refractivity contribution in [3.8, 4) is 6.19 Å². The van der Waals surface area contributed by atoms with Crippen LogP contribution in [0.15, 0.2) is 0 Å². The van der Waals surface area contributed by atoms with Crippen LogP contribution in [0, 0.1) is 17.4 Å². The van der Waals surface area contributed by atoms with Gasteiger partial charge in [-0.15, -0.1) is 0 Å². The maximum atomic E-state index is 8.27. The van der Waals surface area contributed by atoms with Crippen molar-refractivity contribution >= 4 is 0 Å². The monoisotopic (exact) mass is 155 g/mol. The molecule has 0 amide bonds. The molecule has 1 N–H and O–H groups in total. The largest absolute Gasteiger partial charge is 0.324 e. The average Bonchev–Trinajstić information content (AvgIpc) is 1.97. The average molecular weight is 155 g/mol. The third-order valence-electron chi connectivity index (χ3n) is 1.67. The van der Waals surface area contributed by atoms with Crippen LogP contribution in [-0.2, 0) is 0 Å². The van der Waals surface area contributed by atoms with E-state index in [1.54, 1.807) is 0 Å². The lowest BCUT2D eigenvalue weighted by molar-refractivity contribution is 0.316. The minimum atomic E-state index is 0.588. The summed E-state index contributed by atoms with van der Waals surface area (Å²) < 4.78 is 0. The van der Waals surface area contributed by atoms with Gasteiger partial charge in [-0.25, -0.2) is 0 Å². The summed E-state index contributed by atoms with van der Waals surface area (Å²) in [6.07, 6.45) is 3.06. The number of rotatable bonds is 5. The number of hydrogen-bond acceptors (Lipinski definition) is 3. The lowest BCUT2D eigenvalue weighted by Crippen LogP contribution is -2.28. The fourth-order valence-corrected chi connectivity index (χ4v) is 1.04. The number of nitriles is 1. The zero-order valence-electron chi connectivity index (χ0n) is 7.59. The van der Waals surface area contributed by atoms with Gasteiger partial charge in [0.1, 0.15) is 0 Å². The third kappa shape index (κ3) is 5.68. The predicted molar refractivity (Wildman–Crippen MR) is 46.0 cm³/mol. The minimum absolute atomic E-state index is 0.588. The van der Waals surface area contributed by atoms with Gasteiger partial charge in [-0.2, -0.15) is 5.26 Å². The zero-order chi connectivity index (χ0) is 8.69. The van der Waals surface area contributed by atoms with Gasteiger partial charge in [-0.1, -0.05) is 13.3 Å². The van der Waals surface area contributed by atoms with Crippen LogP contribution in [0.2, 0.25) is 0 Å². The van der Waals surface area contributed by atoms with E-state index in [0.717, 1.165) is 19.5 Å². The molecule has 0 aliphatic rings. The maximum absolute atomic E-state index is 8.27. The van der Waals surface area contributed by atoms with Crippen LogP contribution in [0.3, 0.4) is 0 Å². The molecule has 0 rings (SSSR count). The first kappa shape index (κ1) is 10.2. The molecular formula is C8H17N3. The smallest absolute Gasteiger partial charge is 0.176 e. The number of nitrogens with zero attached hydrogens (tertiary/aromatic N) is 2. The summed E-state index contributed by atoms with van der Waals surface area (Å²) in [4.78, 5) is 2.15. The van der Waals surface area contributed by atoms with E-state index in [0.29, 0.717) is 5.92 Å². The van der Waals surface area contributed by atoms with Gasteiger partial charge in [0.2, 0.25) is 0 Å². The van der Waals surface area contributed by atoms with Gasteiger partial charge >= 0.3 is 0 Å². The van der Waals surface area contributed by atoms with Crippen molar-refractivity contribution in [3.05, 3.63) is 0 Å². The molecule has 0 heterocycles. The molecule has 0 saturated heterocycles. The lowest BCUT2D eigenvalue weighted by atomic mass is 10.1. The molecule has 0 aromatic carbocycles. The van der Waals surface area contributed by atoms with Gasteiger partial charge in [-0.05, 0) is 20.0 Å². The topological polar surface area (TPSA) is 39.1 Å². The Hall–Kier alpha value is -0.750. The summed E-state index contributed by atoms with van der Waals surface area (Å²) in [5.74, 6) is 0.588. The standard InChI is InChI=1S/C8H17N3/c1-4-8(5-10-7-9)6-11(2)3/h8,10H,4-6H2,1-3H3. The fourth-order valence-electron chi connectivity index (χ4n) is 1.04. The summed E-state index contributed by atoms with van der Waals surface area (Å²) >= 11 is 0. The van der Waals surface area contributed by atoms with Crippen LogP contribution in [0.5, 0.6) is 0 Å². The Balaban J connectivity index is 3.51. The van der Waals surface area contributed by atoms with E-state index < -0.39 is 0 Å². The molecule has 0 aromatic heterocycles. The van der Waals surface area contributed by atoms with Gasteiger partial charge in [0.05, 0.1) is 0 Å². The fraction of sp³-hybridized carbons (Fsp3) is 0.875. The second-order valence-corrected chi connectivity index (χ2v) is 3.03. The number of hydrogen-bond donors (Lipinski definition) is 1. The van der Waals surface area contributed by atoms with Crippen LogP contribution >= 0.6 is 0 Å². The van der Waals surface area contributed by atoms with Crippen molar-refractivity contribution in [3.63, 3.8) is 0 Å². The Bertz CT molecular complexity index is 126. The van der Waals surface area contributed by atoms with Crippen molar-refractivity contribution < 1.29 is 0 Å². The molecule has 0 bridgehead atoms. The van der Waals surface area contributed by atoms with Crippen molar-refractivity contribution in [2.45, 2.75) is 13.3 Å². The van der Waals surface area contributed by atoms with E-state index in [4.69, 9.17) is 5.26 Å². The highest BCUT2D eigenvalue weighted by molar-refractivity contribution is 4.70. The van der Waals surface area contributed by atoms with Crippen molar-refractivity contribution in [1.29, 1.82) is 5.26 Å². The van der Waals surface area contributed by atoms with E-state index in [1.165, 1.54) is 0 Å². The highest BCUT2D eigenvalue weighted by atomic mass is 15.1. The Morgan fingerprint density at radius 2 is 2.18 bits per heavy atom. The Morgan fingerprint density at radius 1 is 1.55 bits per heavy atom. The van der Waals surface area contributed by atoms with Gasteiger partial charge < -0.3 is 10.2 Å². The molecule has 0 fully saturated rings. The van der Waals surface area contributed by atoms with Crippen LogP contribution < -0.4 is 5.32 Å². The van der Waals surface area contributed by atoms with E-state index in [-0.39, 0.29) is 0 Å². The van der Waals surface area contributed by atoms with Gasteiger partial charge in [-0.3, -0.25) is 0 Å². The first-order valence-corrected chi connectivity index (χ1v) is 3.97. The molecule has 1 atom stereocenters. The zero-order valence-corrected chi connectivity index (χ0v) is 7.59. The molecular weight excluding hydrogens is 138 g/mol. The molecule has 3 nitrogen and oxygen atoms in total. The molecule has 0 aromatic rings. The van der Waals surface area contributed by atoms with Crippen molar-refractivity contribution in [1.82, 2.24) is 10.2 Å². The first-order chi connectivity index (χ1) is 5.20. The molecule has 0 aliphatic heterocycles. The SMILES string of the molecule is CCC(CNC#N)CN(C)C. The van der Waals surface area contributed by atoms with Crippen molar-refractivity contribution in [2.75, 3.05) is 27.2 Å². The van der Waals surface area contributed by atoms with E-state index in [9.17, 15) is 0 Å². The molecule has 0 radical (unpaired) electrons. The first-order valence-electron chi connectivity index (χ1n) is 3.97. The van der Waals surface area contributed by atoms with Crippen LogP contribution in [0.1, 0.15) is 13.3 Å². The van der Waals surface area contributed by atoms with E-state index in [2.05, 4.69) is 31.2 Å². The Labute approximate surface area is 69.0 Å². The van der Waals surface area contributed by atoms with Gasteiger partial charge in [0.25, 0.3) is 0 Å². The van der Waals surface area contributed by atoms with E-state index in [1.807, 2.05) is 6.19 Å². The summed E-state index contributed by atoms with van der Waals surface area (Å²) in [6.45, 7) is 3.99. The maximum Gasteiger partial charge on any atom is 0.176 e. The number of nitrogens with one attached hydrogen (secondary N) is 1. The Kier molecular flexibility index (Phi) is 5.58. The van der Waals surface area contributed by atoms with E-state index >= 15 is 0 Å². The Morgan fingerprint density at radius 3 is 2.55 bits per heavy atom. The second-order valence-electron chi connectivity index (χ2n) is 3.03. The van der Waals surface area contributed by atoms with Crippen LogP contribution in [0.4, 0.5) is 0 Å². The molecule has 0 saturated carbocycles. The van der Waals surface area contributed by atoms with Crippen LogP contribution in [-0.4, -0.2) is 32.1 Å². The summed E-state index contributed by atoms with van der Waals surface area (Å²) in [5.41, 5.74) is 0. The molecule has 64 valence electrons. The normalized spacial score (nSPS) is 12.6. The van der Waals surface area contributed by atoms with Crippen molar-refractivity contribution in [2.24, 2.45) is 5.92 Å². The summed E-state index contributed by atoms with van der Waals surface area (Å²) in [6, 6.07) is 0. The molecule has 0 aliphatic carbocycles. The predicted octanol–water partition coefficient (Wildman–Crippen LogP) is 0.645. The van der Waals surface area contributed by atoms with Gasteiger partial charge in [0, 0.05) is 13.1 Å². The molecule has 3 heteroatoms. The van der Waals surface area contributed by atoms with Gasteiger partial charge in [0.15, 0.2) is 6.19 Å². The third-order valence-corrected chi connectivity index (χ3v) is 1.67. The summed E-state index contributed by atoms with van der Waals surface area (Å²) in [7, 11) is 4.10. The highest BCUT2D eigenvalue weighted by Crippen LogP contribution is 2.01.